The van der Waals surface area contributed by atoms with Crippen LogP contribution in [0.25, 0.3) is 60.6 Å². The molecule has 3 atom stereocenters. The van der Waals surface area contributed by atoms with Crippen LogP contribution in [0, 0.1) is 17.3 Å². The monoisotopic (exact) mass is 696 g/mol. The highest BCUT2D eigenvalue weighted by molar-refractivity contribution is 6.24. The molecule has 3 nitrogen and oxygen atoms in total. The van der Waals surface area contributed by atoms with Gasteiger partial charge in [0.15, 0.2) is 0 Å². The van der Waals surface area contributed by atoms with Crippen molar-refractivity contribution in [2.24, 2.45) is 17.3 Å². The van der Waals surface area contributed by atoms with E-state index in [9.17, 15) is 0 Å². The molecule has 260 valence electrons. The first-order valence-corrected chi connectivity index (χ1v) is 19.2. The Morgan fingerprint density at radius 1 is 0.630 bits per heavy atom. The molecular weight excluding hydrogens is 657 g/mol. The molecular formula is C51H40N2O. The van der Waals surface area contributed by atoms with Crippen molar-refractivity contribution in [3.63, 3.8) is 0 Å². The standard InChI is InChI=1S/C51H40N2O/c1-51(2)44-19-11-9-17-39(44)40-27-25-37(31-45(40)51)52(36-23-21-34(22-24-36)33-13-5-3-6-14-33)38-26-28-43-47(32-38)53(35-15-7-4-8-16-35)46-30-29-42-41-18-10-12-20-48(41)54-50(42)49(43)46/h3-30,32,37,39,44H,31H2,1-2H3. The number of para-hydroxylation sites is 2. The molecule has 11 rings (SSSR count). The van der Waals surface area contributed by atoms with Crippen LogP contribution in [0.4, 0.5) is 11.4 Å². The average Bonchev–Trinajstić information content (AvgIpc) is 3.84. The van der Waals surface area contributed by atoms with Crippen molar-refractivity contribution in [1.82, 2.24) is 4.57 Å². The van der Waals surface area contributed by atoms with Gasteiger partial charge in [0, 0.05) is 39.1 Å². The Balaban J connectivity index is 1.11. The highest BCUT2D eigenvalue weighted by atomic mass is 16.3. The van der Waals surface area contributed by atoms with Crippen molar-refractivity contribution in [1.29, 1.82) is 0 Å². The highest BCUT2D eigenvalue weighted by Gasteiger charge is 2.47. The summed E-state index contributed by atoms with van der Waals surface area (Å²) in [5.41, 5.74) is 13.3. The summed E-state index contributed by atoms with van der Waals surface area (Å²) in [5.74, 6) is 0.936. The van der Waals surface area contributed by atoms with E-state index < -0.39 is 0 Å². The number of hydrogen-bond acceptors (Lipinski definition) is 2. The fourth-order valence-electron chi connectivity index (χ4n) is 9.88. The first-order valence-electron chi connectivity index (χ1n) is 19.2. The quantitative estimate of drug-likeness (QED) is 0.179. The van der Waals surface area contributed by atoms with Gasteiger partial charge in [-0.2, -0.15) is 0 Å². The van der Waals surface area contributed by atoms with Gasteiger partial charge in [0.05, 0.1) is 22.5 Å². The molecule has 0 saturated carbocycles. The fourth-order valence-corrected chi connectivity index (χ4v) is 9.88. The Morgan fingerprint density at radius 2 is 1.33 bits per heavy atom. The van der Waals surface area contributed by atoms with Crippen LogP contribution < -0.4 is 4.90 Å². The van der Waals surface area contributed by atoms with Crippen LogP contribution >= 0.6 is 0 Å². The van der Waals surface area contributed by atoms with Crippen LogP contribution in [0.15, 0.2) is 192 Å². The topological polar surface area (TPSA) is 21.3 Å². The number of allylic oxidation sites excluding steroid dienone is 6. The summed E-state index contributed by atoms with van der Waals surface area (Å²) in [7, 11) is 0. The Hall–Kier alpha value is -6.32. The van der Waals surface area contributed by atoms with E-state index >= 15 is 0 Å². The van der Waals surface area contributed by atoms with E-state index in [0.29, 0.717) is 11.8 Å². The fraction of sp³-hybridized carbons (Fsp3) is 0.137. The molecule has 3 aliphatic carbocycles. The predicted molar refractivity (Wildman–Crippen MR) is 226 cm³/mol. The minimum atomic E-state index is 0.0781. The molecule has 2 aromatic heterocycles. The lowest BCUT2D eigenvalue weighted by Gasteiger charge is -2.38. The maximum absolute atomic E-state index is 6.67. The second-order valence-electron chi connectivity index (χ2n) is 15.7. The lowest BCUT2D eigenvalue weighted by Crippen LogP contribution is -2.33. The van der Waals surface area contributed by atoms with E-state index in [4.69, 9.17) is 4.42 Å². The maximum atomic E-state index is 6.67. The van der Waals surface area contributed by atoms with Crippen LogP contribution in [-0.2, 0) is 0 Å². The number of nitrogens with zero attached hydrogens (tertiary/aromatic N) is 2. The largest absolute Gasteiger partial charge is 0.455 e. The number of benzene rings is 6. The van der Waals surface area contributed by atoms with Gasteiger partial charge in [0.2, 0.25) is 0 Å². The van der Waals surface area contributed by atoms with E-state index in [-0.39, 0.29) is 11.5 Å². The molecule has 0 amide bonds. The molecule has 8 aromatic rings. The summed E-state index contributed by atoms with van der Waals surface area (Å²) in [4.78, 5) is 2.57. The molecule has 0 N–H and O–H groups in total. The van der Waals surface area contributed by atoms with Crippen LogP contribution in [0.3, 0.4) is 0 Å². The molecule has 0 fully saturated rings. The first-order chi connectivity index (χ1) is 26.5. The zero-order valence-electron chi connectivity index (χ0n) is 30.5. The third-order valence-electron chi connectivity index (χ3n) is 12.5. The van der Waals surface area contributed by atoms with Gasteiger partial charge in [-0.3, -0.25) is 0 Å². The second-order valence-corrected chi connectivity index (χ2v) is 15.7. The summed E-state index contributed by atoms with van der Waals surface area (Å²) in [6.07, 6.45) is 15.2. The van der Waals surface area contributed by atoms with Crippen LogP contribution in [0.1, 0.15) is 20.3 Å². The van der Waals surface area contributed by atoms with Crippen LogP contribution in [0.2, 0.25) is 0 Å². The first kappa shape index (κ1) is 31.2. The normalized spacial score (nSPS) is 20.0. The van der Waals surface area contributed by atoms with Crippen molar-refractivity contribution in [3.05, 3.63) is 187 Å². The zero-order valence-corrected chi connectivity index (χ0v) is 30.5. The Morgan fingerprint density at radius 3 is 2.17 bits per heavy atom. The van der Waals surface area contributed by atoms with Gasteiger partial charge in [0.1, 0.15) is 11.2 Å². The molecule has 0 radical (unpaired) electrons. The summed E-state index contributed by atoms with van der Waals surface area (Å²) in [6.45, 7) is 4.91. The number of anilines is 2. The van der Waals surface area contributed by atoms with Crippen molar-refractivity contribution in [3.8, 4) is 16.8 Å². The van der Waals surface area contributed by atoms with Gasteiger partial charge in [-0.25, -0.2) is 0 Å². The van der Waals surface area contributed by atoms with Crippen molar-refractivity contribution < 1.29 is 4.42 Å². The number of hydrogen-bond donors (Lipinski definition) is 0. The van der Waals surface area contributed by atoms with Crippen molar-refractivity contribution in [2.75, 3.05) is 4.90 Å². The molecule has 3 heteroatoms. The summed E-state index contributed by atoms with van der Waals surface area (Å²) >= 11 is 0. The minimum absolute atomic E-state index is 0.0781. The molecule has 3 unspecified atom stereocenters. The lowest BCUT2D eigenvalue weighted by atomic mass is 9.72. The van der Waals surface area contributed by atoms with Gasteiger partial charge < -0.3 is 13.9 Å². The number of fused-ring (bicyclic) bond motifs is 9. The van der Waals surface area contributed by atoms with Gasteiger partial charge in [-0.05, 0) is 95.1 Å². The third-order valence-corrected chi connectivity index (χ3v) is 12.5. The third kappa shape index (κ3) is 4.61. The van der Waals surface area contributed by atoms with E-state index in [0.717, 1.165) is 50.5 Å². The summed E-state index contributed by atoms with van der Waals surface area (Å²) < 4.78 is 9.08. The van der Waals surface area contributed by atoms with Gasteiger partial charge in [0.25, 0.3) is 0 Å². The molecule has 0 spiro atoms. The predicted octanol–water partition coefficient (Wildman–Crippen LogP) is 13.5. The number of aromatic nitrogens is 1. The van der Waals surface area contributed by atoms with Crippen LogP contribution in [-0.4, -0.2) is 10.6 Å². The molecule has 0 aliphatic heterocycles. The van der Waals surface area contributed by atoms with E-state index in [1.54, 1.807) is 5.57 Å². The molecule has 3 aliphatic rings. The Kier molecular flexibility index (Phi) is 6.85. The van der Waals surface area contributed by atoms with Crippen molar-refractivity contribution in [2.45, 2.75) is 26.3 Å². The molecule has 54 heavy (non-hydrogen) atoms. The van der Waals surface area contributed by atoms with E-state index in [1.165, 1.54) is 33.5 Å². The summed E-state index contributed by atoms with van der Waals surface area (Å²) in [5, 5.41) is 4.63. The smallest absolute Gasteiger partial charge is 0.145 e. The number of furan rings is 1. The van der Waals surface area contributed by atoms with Crippen molar-refractivity contribution >= 4 is 55.1 Å². The van der Waals surface area contributed by atoms with Gasteiger partial charge >= 0.3 is 0 Å². The minimum Gasteiger partial charge on any atom is -0.455 e. The maximum Gasteiger partial charge on any atom is 0.145 e. The SMILES string of the molecule is CC1(C)C2=C(C=CC(N(c3ccc(-c4ccccc4)cc3)c3ccc4c5c6oc7ccccc7c6ccc5n(-c5ccccc5)c4c3)C2)C2C=CC=CC21. The molecule has 0 bridgehead atoms. The zero-order chi connectivity index (χ0) is 36.0. The number of rotatable bonds is 5. The van der Waals surface area contributed by atoms with E-state index in [2.05, 4.69) is 199 Å². The Labute approximate surface area is 315 Å². The van der Waals surface area contributed by atoms with E-state index in [1.807, 2.05) is 0 Å². The molecule has 6 aromatic carbocycles. The average molecular weight is 697 g/mol. The molecule has 0 saturated heterocycles. The Bertz CT molecular complexity index is 2880. The molecule has 2 heterocycles. The lowest BCUT2D eigenvalue weighted by molar-refractivity contribution is 0.308. The van der Waals surface area contributed by atoms with Gasteiger partial charge in [-0.1, -0.05) is 135 Å². The van der Waals surface area contributed by atoms with Crippen LogP contribution in [0.5, 0.6) is 0 Å². The second kappa shape index (κ2) is 11.8. The highest BCUT2D eigenvalue weighted by Crippen LogP contribution is 2.56. The van der Waals surface area contributed by atoms with Gasteiger partial charge in [-0.15, -0.1) is 0 Å². The summed E-state index contributed by atoms with van der Waals surface area (Å²) in [6, 6.07) is 50.7.